The molecule has 3 heteroatoms. The number of hydrogen-bond donors (Lipinski definition) is 0. The number of ether oxygens (including phenoxy) is 2. The minimum absolute atomic E-state index is 0.0129. The molecule has 0 aromatic rings. The van der Waals surface area contributed by atoms with E-state index in [2.05, 4.69) is 0 Å². The summed E-state index contributed by atoms with van der Waals surface area (Å²) in [6.45, 7) is 0. The molecule has 3 atom stereocenters. The van der Waals surface area contributed by atoms with Crippen molar-refractivity contribution in [3.63, 3.8) is 0 Å². The zero-order valence-electron chi connectivity index (χ0n) is 6.32. The van der Waals surface area contributed by atoms with Gasteiger partial charge in [0, 0.05) is 13.5 Å². The Morgan fingerprint density at radius 2 is 2.45 bits per heavy atom. The Morgan fingerprint density at radius 3 is 3.18 bits per heavy atom. The number of Topliss-reactive ketones (excluding diaryl/α,β-unsaturated/α-hetero) is 1. The van der Waals surface area contributed by atoms with Crippen molar-refractivity contribution in [2.45, 2.75) is 24.7 Å². The van der Waals surface area contributed by atoms with Crippen LogP contribution in [0.5, 0.6) is 0 Å². The number of rotatable bonds is 1. The average molecular weight is 154 g/mol. The number of carbonyl (C=O) groups excluding carboxylic acids is 1. The summed E-state index contributed by atoms with van der Waals surface area (Å²) in [4.78, 5) is 11.2. The molecular weight excluding hydrogens is 144 g/mol. The van der Waals surface area contributed by atoms with E-state index in [0.717, 1.165) is 0 Å². The molecule has 60 valence electrons. The van der Waals surface area contributed by atoms with Gasteiger partial charge >= 0.3 is 0 Å². The third-order valence-electron chi connectivity index (χ3n) is 2.12. The van der Waals surface area contributed by atoms with Gasteiger partial charge in [0.1, 0.15) is 12.2 Å². The fourth-order valence-corrected chi connectivity index (χ4v) is 1.58. The summed E-state index contributed by atoms with van der Waals surface area (Å²) < 4.78 is 10.4. The Labute approximate surface area is 65.0 Å². The highest BCUT2D eigenvalue weighted by Crippen LogP contribution is 2.25. The molecule has 2 heterocycles. The molecular formula is C8H10O3. The van der Waals surface area contributed by atoms with Crippen molar-refractivity contribution in [1.29, 1.82) is 0 Å². The molecule has 2 rings (SSSR count). The summed E-state index contributed by atoms with van der Waals surface area (Å²) in [5.41, 5.74) is 0. The Morgan fingerprint density at radius 1 is 1.64 bits per heavy atom. The van der Waals surface area contributed by atoms with Gasteiger partial charge in [-0.2, -0.15) is 0 Å². The lowest BCUT2D eigenvalue weighted by Crippen LogP contribution is -2.41. The second-order valence-corrected chi connectivity index (χ2v) is 2.85. The van der Waals surface area contributed by atoms with Crippen LogP contribution in [0.4, 0.5) is 0 Å². The van der Waals surface area contributed by atoms with E-state index in [9.17, 15) is 4.79 Å². The van der Waals surface area contributed by atoms with Crippen molar-refractivity contribution in [3.05, 3.63) is 12.2 Å². The monoisotopic (exact) mass is 154 g/mol. The zero-order chi connectivity index (χ0) is 7.84. The average Bonchev–Trinajstić information content (AvgIpc) is 2.34. The van der Waals surface area contributed by atoms with Crippen molar-refractivity contribution in [2.75, 3.05) is 7.11 Å². The van der Waals surface area contributed by atoms with Crippen LogP contribution in [0.3, 0.4) is 0 Å². The van der Waals surface area contributed by atoms with Gasteiger partial charge in [0.05, 0.1) is 6.10 Å². The van der Waals surface area contributed by atoms with Crippen LogP contribution < -0.4 is 0 Å². The maximum Gasteiger partial charge on any atom is 0.167 e. The van der Waals surface area contributed by atoms with E-state index in [-0.39, 0.29) is 24.1 Å². The van der Waals surface area contributed by atoms with E-state index in [1.54, 1.807) is 7.11 Å². The molecule has 1 fully saturated rings. The Bertz CT molecular complexity index is 209. The van der Waals surface area contributed by atoms with Gasteiger partial charge in [0.2, 0.25) is 0 Å². The molecule has 0 aliphatic carbocycles. The van der Waals surface area contributed by atoms with E-state index < -0.39 is 0 Å². The van der Waals surface area contributed by atoms with Gasteiger partial charge < -0.3 is 9.47 Å². The lowest BCUT2D eigenvalue weighted by atomic mass is 10.0. The van der Waals surface area contributed by atoms with Crippen LogP contribution in [0, 0.1) is 0 Å². The van der Waals surface area contributed by atoms with E-state index >= 15 is 0 Å². The Hall–Kier alpha value is -0.670. The maximum atomic E-state index is 11.2. The molecule has 2 aliphatic heterocycles. The van der Waals surface area contributed by atoms with Crippen molar-refractivity contribution >= 4 is 5.78 Å². The zero-order valence-corrected chi connectivity index (χ0v) is 6.32. The first-order chi connectivity index (χ1) is 5.31. The van der Waals surface area contributed by atoms with E-state index in [4.69, 9.17) is 9.47 Å². The second-order valence-electron chi connectivity index (χ2n) is 2.85. The molecule has 0 N–H and O–H groups in total. The second kappa shape index (κ2) is 2.43. The van der Waals surface area contributed by atoms with Gasteiger partial charge in [-0.15, -0.1) is 0 Å². The van der Waals surface area contributed by atoms with E-state index in [1.807, 2.05) is 12.2 Å². The number of methoxy groups -OCH3 is 1. The largest absolute Gasteiger partial charge is 0.371 e. The van der Waals surface area contributed by atoms with Crippen molar-refractivity contribution in [2.24, 2.45) is 0 Å². The molecule has 11 heavy (non-hydrogen) atoms. The summed E-state index contributed by atoms with van der Waals surface area (Å²) in [6.07, 6.45) is 3.81. The third kappa shape index (κ3) is 1.01. The van der Waals surface area contributed by atoms with Crippen LogP contribution in [0.25, 0.3) is 0 Å². The van der Waals surface area contributed by atoms with Gasteiger partial charge in [-0.1, -0.05) is 12.2 Å². The van der Waals surface area contributed by atoms with E-state index in [1.165, 1.54) is 0 Å². The molecule has 3 nitrogen and oxygen atoms in total. The minimum atomic E-state index is -0.370. The van der Waals surface area contributed by atoms with Crippen LogP contribution in [0.1, 0.15) is 6.42 Å². The molecule has 0 radical (unpaired) electrons. The van der Waals surface area contributed by atoms with Crippen molar-refractivity contribution in [1.82, 2.24) is 0 Å². The normalized spacial score (nSPS) is 41.5. The number of hydrogen-bond acceptors (Lipinski definition) is 3. The summed E-state index contributed by atoms with van der Waals surface area (Å²) in [5.74, 6) is 0.152. The SMILES string of the molecule is CO[C@H]1C(=O)C[C@H]2C=C[C@@H]1O2. The Balaban J connectivity index is 2.19. The van der Waals surface area contributed by atoms with Crippen LogP contribution in [0.2, 0.25) is 0 Å². The predicted molar refractivity (Wildman–Crippen MR) is 38.2 cm³/mol. The lowest BCUT2D eigenvalue weighted by molar-refractivity contribution is -0.148. The maximum absolute atomic E-state index is 11.2. The number of fused-ring (bicyclic) bond motifs is 2. The molecule has 2 bridgehead atoms. The van der Waals surface area contributed by atoms with E-state index in [0.29, 0.717) is 6.42 Å². The highest BCUT2D eigenvalue weighted by atomic mass is 16.5. The first-order valence-corrected chi connectivity index (χ1v) is 3.70. The number of carbonyl (C=O) groups is 1. The van der Waals surface area contributed by atoms with Gasteiger partial charge in [0.15, 0.2) is 5.78 Å². The molecule has 0 saturated carbocycles. The molecule has 0 spiro atoms. The lowest BCUT2D eigenvalue weighted by Gasteiger charge is -2.26. The van der Waals surface area contributed by atoms with Gasteiger partial charge in [-0.3, -0.25) is 4.79 Å². The van der Waals surface area contributed by atoms with Crippen molar-refractivity contribution < 1.29 is 14.3 Å². The Kier molecular flexibility index (Phi) is 1.55. The molecule has 0 aromatic carbocycles. The third-order valence-corrected chi connectivity index (χ3v) is 2.12. The molecule has 0 aromatic heterocycles. The first kappa shape index (κ1) is 7.00. The van der Waals surface area contributed by atoms with Gasteiger partial charge in [-0.05, 0) is 0 Å². The first-order valence-electron chi connectivity index (χ1n) is 3.70. The smallest absolute Gasteiger partial charge is 0.167 e. The van der Waals surface area contributed by atoms with Crippen LogP contribution in [-0.4, -0.2) is 31.2 Å². The fraction of sp³-hybridized carbons (Fsp3) is 0.625. The quantitative estimate of drug-likeness (QED) is 0.509. The summed E-state index contributed by atoms with van der Waals surface area (Å²) >= 11 is 0. The molecule has 0 amide bonds. The summed E-state index contributed by atoms with van der Waals surface area (Å²) in [6, 6.07) is 0. The van der Waals surface area contributed by atoms with Gasteiger partial charge in [0.25, 0.3) is 0 Å². The number of ketones is 1. The predicted octanol–water partition coefficient (Wildman–Crippen LogP) is 0.298. The van der Waals surface area contributed by atoms with Crippen LogP contribution in [0.15, 0.2) is 12.2 Å². The van der Waals surface area contributed by atoms with Crippen LogP contribution in [-0.2, 0) is 14.3 Å². The highest BCUT2D eigenvalue weighted by molar-refractivity contribution is 5.86. The van der Waals surface area contributed by atoms with Crippen LogP contribution >= 0.6 is 0 Å². The van der Waals surface area contributed by atoms with Gasteiger partial charge in [-0.25, -0.2) is 0 Å². The molecule has 1 saturated heterocycles. The highest BCUT2D eigenvalue weighted by Gasteiger charge is 2.38. The topological polar surface area (TPSA) is 35.5 Å². The van der Waals surface area contributed by atoms with Crippen molar-refractivity contribution in [3.8, 4) is 0 Å². The fourth-order valence-electron chi connectivity index (χ4n) is 1.58. The summed E-state index contributed by atoms with van der Waals surface area (Å²) in [7, 11) is 1.54. The molecule has 2 aliphatic rings. The minimum Gasteiger partial charge on any atom is -0.371 e. The molecule has 0 unspecified atom stereocenters. The standard InChI is InChI=1S/C8H10O3/c1-10-8-6(9)4-5-2-3-7(8)11-5/h2-3,5,7-8H,4H2,1H3/t5-,7+,8+/m1/s1. The summed E-state index contributed by atoms with van der Waals surface area (Å²) in [5, 5.41) is 0.